The number of likely N-dealkylation sites (N-methyl/N-ethyl adjacent to an activating group) is 1. The molecule has 6 nitrogen and oxygen atoms in total. The molecular weight excluding hydrogens is 432 g/mol. The Morgan fingerprint density at radius 3 is 2.76 bits per heavy atom. The van der Waals surface area contributed by atoms with Gasteiger partial charge in [-0.05, 0) is 65.9 Å². The second-order valence-corrected chi connectivity index (χ2v) is 9.88. The number of rotatable bonds is 8. The molecule has 1 aromatic rings. The van der Waals surface area contributed by atoms with Crippen molar-refractivity contribution in [2.75, 3.05) is 33.2 Å². The molecule has 2 fully saturated rings. The van der Waals surface area contributed by atoms with E-state index in [-0.39, 0.29) is 18.1 Å². The summed E-state index contributed by atoms with van der Waals surface area (Å²) in [6, 6.07) is 6.14. The lowest BCUT2D eigenvalue weighted by molar-refractivity contribution is -0.123. The van der Waals surface area contributed by atoms with Gasteiger partial charge in [-0.1, -0.05) is 19.9 Å². The van der Waals surface area contributed by atoms with Crippen molar-refractivity contribution in [2.24, 2.45) is 11.7 Å². The maximum Gasteiger partial charge on any atom is 0.237 e. The summed E-state index contributed by atoms with van der Waals surface area (Å²) in [5, 5.41) is 3.13. The Morgan fingerprint density at radius 1 is 1.31 bits per heavy atom. The van der Waals surface area contributed by atoms with Crippen LogP contribution in [0.5, 0.6) is 5.75 Å². The third-order valence-electron chi connectivity index (χ3n) is 5.73. The Labute approximate surface area is 183 Å². The quantitative estimate of drug-likeness (QED) is 0.615. The zero-order valence-electron chi connectivity index (χ0n) is 17.9. The van der Waals surface area contributed by atoms with Crippen LogP contribution in [0.4, 0.5) is 0 Å². The first-order valence-electron chi connectivity index (χ1n) is 10.7. The molecule has 3 N–H and O–H groups in total. The largest absolute Gasteiger partial charge is 0.488 e. The van der Waals surface area contributed by atoms with Gasteiger partial charge in [-0.15, -0.1) is 0 Å². The van der Waals surface area contributed by atoms with E-state index in [0.29, 0.717) is 5.92 Å². The van der Waals surface area contributed by atoms with Gasteiger partial charge in [0.15, 0.2) is 0 Å². The lowest BCUT2D eigenvalue weighted by Crippen LogP contribution is -2.46. The molecule has 0 saturated carbocycles. The summed E-state index contributed by atoms with van der Waals surface area (Å²) in [6.45, 7) is 8.97. The van der Waals surface area contributed by atoms with Crippen LogP contribution in [0.3, 0.4) is 0 Å². The minimum atomic E-state index is -0.410. The van der Waals surface area contributed by atoms with Crippen LogP contribution < -0.4 is 15.8 Å². The average Bonchev–Trinajstić information content (AvgIpc) is 3.25. The number of hydrogen-bond donors (Lipinski definition) is 2. The average molecular weight is 467 g/mol. The number of benzene rings is 1. The van der Waals surface area contributed by atoms with Crippen LogP contribution in [0.1, 0.15) is 38.7 Å². The number of amides is 1. The van der Waals surface area contributed by atoms with Crippen molar-refractivity contribution < 1.29 is 9.53 Å². The Morgan fingerprint density at radius 2 is 2.10 bits per heavy atom. The molecule has 3 atom stereocenters. The van der Waals surface area contributed by atoms with Crippen molar-refractivity contribution in [3.63, 3.8) is 0 Å². The molecule has 1 aromatic carbocycles. The van der Waals surface area contributed by atoms with Crippen LogP contribution in [-0.4, -0.2) is 67.1 Å². The van der Waals surface area contributed by atoms with Crippen LogP contribution in [0.15, 0.2) is 22.7 Å². The first kappa shape index (κ1) is 22.5. The topological polar surface area (TPSA) is 70.8 Å². The van der Waals surface area contributed by atoms with Crippen LogP contribution in [0, 0.1) is 5.92 Å². The third kappa shape index (κ3) is 6.67. The van der Waals surface area contributed by atoms with Crippen molar-refractivity contribution in [2.45, 2.75) is 57.8 Å². The molecule has 0 spiro atoms. The predicted molar refractivity (Wildman–Crippen MR) is 120 cm³/mol. The maximum atomic E-state index is 12.3. The van der Waals surface area contributed by atoms with Gasteiger partial charge in [0.1, 0.15) is 11.9 Å². The summed E-state index contributed by atoms with van der Waals surface area (Å²) in [6.07, 6.45) is 3.04. The molecule has 0 bridgehead atoms. The van der Waals surface area contributed by atoms with E-state index < -0.39 is 6.04 Å². The van der Waals surface area contributed by atoms with E-state index in [0.717, 1.165) is 62.2 Å². The highest BCUT2D eigenvalue weighted by molar-refractivity contribution is 9.10. The number of nitrogens with zero attached hydrogens (tertiary/aromatic N) is 2. The second-order valence-electron chi connectivity index (χ2n) is 9.02. The van der Waals surface area contributed by atoms with Crippen molar-refractivity contribution >= 4 is 21.8 Å². The summed E-state index contributed by atoms with van der Waals surface area (Å²) >= 11 is 3.67. The molecule has 1 unspecified atom stereocenters. The number of hydrogen-bond acceptors (Lipinski definition) is 5. The Kier molecular flexibility index (Phi) is 7.96. The van der Waals surface area contributed by atoms with Crippen LogP contribution in [0.25, 0.3) is 0 Å². The van der Waals surface area contributed by atoms with E-state index in [4.69, 9.17) is 10.5 Å². The van der Waals surface area contributed by atoms with E-state index in [1.165, 1.54) is 5.56 Å². The van der Waals surface area contributed by atoms with Gasteiger partial charge in [0, 0.05) is 38.8 Å². The maximum absolute atomic E-state index is 12.3. The molecule has 2 aliphatic rings. The third-order valence-corrected chi connectivity index (χ3v) is 6.34. The minimum Gasteiger partial charge on any atom is -0.488 e. The second kappa shape index (κ2) is 10.2. The molecule has 3 rings (SSSR count). The fraction of sp³-hybridized carbons (Fsp3) is 0.682. The van der Waals surface area contributed by atoms with Gasteiger partial charge in [-0.3, -0.25) is 9.69 Å². The van der Waals surface area contributed by atoms with E-state index in [1.54, 1.807) is 0 Å². The number of ether oxygens (including phenoxy) is 1. The van der Waals surface area contributed by atoms with Gasteiger partial charge >= 0.3 is 0 Å². The molecule has 0 aromatic heterocycles. The first-order valence-corrected chi connectivity index (χ1v) is 11.5. The predicted octanol–water partition coefficient (Wildman–Crippen LogP) is 2.60. The summed E-state index contributed by atoms with van der Waals surface area (Å²) in [4.78, 5) is 16.9. The summed E-state index contributed by atoms with van der Waals surface area (Å²) in [5.74, 6) is 1.32. The van der Waals surface area contributed by atoms with Gasteiger partial charge in [-0.2, -0.15) is 0 Å². The monoisotopic (exact) mass is 466 g/mol. The van der Waals surface area contributed by atoms with E-state index in [9.17, 15) is 4.79 Å². The minimum absolute atomic E-state index is 0.0210. The highest BCUT2D eigenvalue weighted by Crippen LogP contribution is 2.29. The van der Waals surface area contributed by atoms with Crippen molar-refractivity contribution in [1.29, 1.82) is 0 Å². The van der Waals surface area contributed by atoms with Crippen LogP contribution >= 0.6 is 15.9 Å². The van der Waals surface area contributed by atoms with Crippen LogP contribution in [-0.2, 0) is 11.3 Å². The summed E-state index contributed by atoms with van der Waals surface area (Å²) in [5.41, 5.74) is 7.25. The van der Waals surface area contributed by atoms with Gasteiger partial charge in [-0.25, -0.2) is 0 Å². The van der Waals surface area contributed by atoms with Gasteiger partial charge in [0.2, 0.25) is 5.91 Å². The number of nitrogens with one attached hydrogen (secondary N) is 1. The molecular formula is C22H35BrN4O2. The van der Waals surface area contributed by atoms with Crippen molar-refractivity contribution in [3.05, 3.63) is 28.2 Å². The SMILES string of the molecule is CC(C)C[C@H](N)C(=O)N[C@H]1CCN(Cc2ccc(OC3CCN(C)C3)c(Br)c2)C1. The van der Waals surface area contributed by atoms with Crippen molar-refractivity contribution in [3.8, 4) is 5.75 Å². The van der Waals surface area contributed by atoms with E-state index in [2.05, 4.69) is 70.1 Å². The molecule has 7 heteroatoms. The normalized spacial score (nSPS) is 24.2. The van der Waals surface area contributed by atoms with E-state index in [1.807, 2.05) is 0 Å². The zero-order chi connectivity index (χ0) is 21.0. The van der Waals surface area contributed by atoms with Gasteiger partial charge in [0.05, 0.1) is 10.5 Å². The fourth-order valence-corrected chi connectivity index (χ4v) is 4.70. The summed E-state index contributed by atoms with van der Waals surface area (Å²) < 4.78 is 7.16. The molecule has 162 valence electrons. The zero-order valence-corrected chi connectivity index (χ0v) is 19.5. The number of carbonyl (C=O) groups excluding carboxylic acids is 1. The Bertz CT molecular complexity index is 699. The molecule has 0 radical (unpaired) electrons. The smallest absolute Gasteiger partial charge is 0.237 e. The highest BCUT2D eigenvalue weighted by Gasteiger charge is 2.26. The molecule has 2 heterocycles. The Balaban J connectivity index is 1.47. The molecule has 0 aliphatic carbocycles. The Hall–Kier alpha value is -1.15. The number of nitrogens with two attached hydrogens (primary N) is 1. The molecule has 2 aliphatic heterocycles. The number of likely N-dealkylation sites (tertiary alicyclic amines) is 2. The molecule has 29 heavy (non-hydrogen) atoms. The lowest BCUT2D eigenvalue weighted by Gasteiger charge is -2.20. The summed E-state index contributed by atoms with van der Waals surface area (Å²) in [7, 11) is 2.13. The number of halogens is 1. The number of carbonyl (C=O) groups is 1. The standard InChI is InChI=1S/C22H35BrN4O2/c1-15(2)10-20(24)22(28)25-17-6-9-27(13-17)12-16-4-5-21(19(23)11-16)29-18-7-8-26(3)14-18/h4-5,11,15,17-18,20H,6-10,12-14,24H2,1-3H3,(H,25,28)/t17-,18?,20-/m0/s1. The molecule has 1 amide bonds. The van der Waals surface area contributed by atoms with Crippen molar-refractivity contribution in [1.82, 2.24) is 15.1 Å². The van der Waals surface area contributed by atoms with Crippen LogP contribution in [0.2, 0.25) is 0 Å². The molecule has 2 saturated heterocycles. The fourth-order valence-electron chi connectivity index (χ4n) is 4.18. The van der Waals surface area contributed by atoms with Gasteiger partial charge in [0.25, 0.3) is 0 Å². The first-order chi connectivity index (χ1) is 13.8. The lowest BCUT2D eigenvalue weighted by atomic mass is 10.0. The van der Waals surface area contributed by atoms with E-state index >= 15 is 0 Å². The highest BCUT2D eigenvalue weighted by atomic mass is 79.9. The van der Waals surface area contributed by atoms with Gasteiger partial charge < -0.3 is 20.7 Å².